The van der Waals surface area contributed by atoms with Crippen LogP contribution in [0, 0.1) is 11.7 Å². The second-order valence-corrected chi connectivity index (χ2v) is 6.88. The van der Waals surface area contributed by atoms with Crippen LogP contribution < -0.4 is 10.9 Å². The molecule has 3 aromatic rings. The van der Waals surface area contributed by atoms with E-state index in [1.807, 2.05) is 12.1 Å². The number of anilines is 2. The van der Waals surface area contributed by atoms with Crippen LogP contribution in [0.25, 0.3) is 10.9 Å². The summed E-state index contributed by atoms with van der Waals surface area (Å²) in [4.78, 5) is 21.8. The van der Waals surface area contributed by atoms with Gasteiger partial charge in [-0.25, -0.2) is 9.37 Å². The molecule has 2 aromatic heterocycles. The third-order valence-electron chi connectivity index (χ3n) is 5.00. The zero-order valence-electron chi connectivity index (χ0n) is 14.5. The quantitative estimate of drug-likeness (QED) is 0.762. The number of hydrogen-bond donors (Lipinski definition) is 1. The summed E-state index contributed by atoms with van der Waals surface area (Å²) < 4.78 is 15.3. The normalized spacial score (nSPS) is 15.3. The van der Waals surface area contributed by atoms with E-state index in [1.165, 1.54) is 31.4 Å². The molecule has 0 aliphatic heterocycles. The average Bonchev–Trinajstić information content (AvgIpc) is 2.67. The minimum Gasteiger partial charge on any atom is -0.324 e. The predicted octanol–water partition coefficient (Wildman–Crippen LogP) is 4.25. The van der Waals surface area contributed by atoms with E-state index >= 15 is 0 Å². The Morgan fingerprint density at radius 3 is 2.81 bits per heavy atom. The van der Waals surface area contributed by atoms with Crippen molar-refractivity contribution in [3.8, 4) is 0 Å². The summed E-state index contributed by atoms with van der Waals surface area (Å²) in [7, 11) is 0. The van der Waals surface area contributed by atoms with Crippen LogP contribution in [0.3, 0.4) is 0 Å². The lowest BCUT2D eigenvalue weighted by Gasteiger charge is -2.24. The molecule has 0 amide bonds. The first-order valence-corrected chi connectivity index (χ1v) is 9.08. The third-order valence-corrected chi connectivity index (χ3v) is 5.00. The maximum atomic E-state index is 13.7. The van der Waals surface area contributed by atoms with Gasteiger partial charge in [0.15, 0.2) is 0 Å². The van der Waals surface area contributed by atoms with Crippen molar-refractivity contribution in [3.05, 3.63) is 58.9 Å². The molecule has 134 valence electrons. The Morgan fingerprint density at radius 1 is 1.19 bits per heavy atom. The van der Waals surface area contributed by atoms with Gasteiger partial charge in [-0.05, 0) is 49.1 Å². The van der Waals surface area contributed by atoms with Crippen LogP contribution in [0.2, 0.25) is 0 Å². The van der Waals surface area contributed by atoms with Gasteiger partial charge in [-0.1, -0.05) is 19.3 Å². The van der Waals surface area contributed by atoms with E-state index in [0.717, 1.165) is 18.5 Å². The molecule has 26 heavy (non-hydrogen) atoms. The van der Waals surface area contributed by atoms with Gasteiger partial charge in [0.25, 0.3) is 5.56 Å². The van der Waals surface area contributed by atoms with Crippen molar-refractivity contribution in [1.82, 2.24) is 14.5 Å². The largest absolute Gasteiger partial charge is 0.324 e. The molecule has 0 unspecified atom stereocenters. The molecule has 1 fully saturated rings. The fraction of sp³-hybridized carbons (Fsp3) is 0.350. The van der Waals surface area contributed by atoms with Crippen molar-refractivity contribution in [3.63, 3.8) is 0 Å². The van der Waals surface area contributed by atoms with E-state index in [9.17, 15) is 9.18 Å². The number of rotatable bonds is 4. The van der Waals surface area contributed by atoms with Crippen LogP contribution in [-0.2, 0) is 6.54 Å². The van der Waals surface area contributed by atoms with Gasteiger partial charge in [0, 0.05) is 12.7 Å². The van der Waals surface area contributed by atoms with Gasteiger partial charge in [-0.2, -0.15) is 0 Å². The first-order chi connectivity index (χ1) is 12.7. The lowest BCUT2D eigenvalue weighted by molar-refractivity contribution is 0.317. The highest BCUT2D eigenvalue weighted by molar-refractivity contribution is 5.79. The highest BCUT2D eigenvalue weighted by Gasteiger charge is 2.19. The van der Waals surface area contributed by atoms with E-state index in [0.29, 0.717) is 29.3 Å². The number of benzene rings is 1. The molecule has 1 saturated carbocycles. The average molecular weight is 352 g/mol. The van der Waals surface area contributed by atoms with Gasteiger partial charge in [0.2, 0.25) is 5.95 Å². The van der Waals surface area contributed by atoms with Crippen molar-refractivity contribution in [1.29, 1.82) is 0 Å². The Balaban J connectivity index is 1.80. The molecule has 0 atom stereocenters. The number of halogens is 1. The minimum atomic E-state index is -0.423. The van der Waals surface area contributed by atoms with E-state index in [1.54, 1.807) is 23.0 Å². The molecule has 0 saturated heterocycles. The standard InChI is InChI=1S/C20H21FN4O/c21-15-8-9-18-17(11-15)19(26)25(13-14-5-2-1-3-6-14)20(24-18)23-16-7-4-10-22-12-16/h4,7-12,14H,1-3,5-6,13H2,(H,23,24). The van der Waals surface area contributed by atoms with Crippen LogP contribution >= 0.6 is 0 Å². The Kier molecular flexibility index (Phi) is 4.65. The van der Waals surface area contributed by atoms with Gasteiger partial charge in [0.05, 0.1) is 22.8 Å². The Bertz CT molecular complexity index is 965. The second-order valence-electron chi connectivity index (χ2n) is 6.88. The topological polar surface area (TPSA) is 59.8 Å². The Hall–Kier alpha value is -2.76. The van der Waals surface area contributed by atoms with Crippen molar-refractivity contribution in [2.24, 2.45) is 5.92 Å². The Morgan fingerprint density at radius 2 is 2.04 bits per heavy atom. The molecular weight excluding hydrogens is 331 g/mol. The van der Waals surface area contributed by atoms with Gasteiger partial charge < -0.3 is 5.32 Å². The van der Waals surface area contributed by atoms with Crippen LogP contribution in [0.15, 0.2) is 47.5 Å². The SMILES string of the molecule is O=c1c2cc(F)ccc2nc(Nc2cccnc2)n1CC1CCCCC1. The summed E-state index contributed by atoms with van der Waals surface area (Å²) in [5.41, 5.74) is 1.05. The lowest BCUT2D eigenvalue weighted by atomic mass is 9.89. The van der Waals surface area contributed by atoms with Crippen molar-refractivity contribution >= 4 is 22.5 Å². The molecule has 6 heteroatoms. The molecule has 0 radical (unpaired) electrons. The molecule has 5 nitrogen and oxygen atoms in total. The van der Waals surface area contributed by atoms with E-state index in [2.05, 4.69) is 15.3 Å². The maximum Gasteiger partial charge on any atom is 0.262 e. The van der Waals surface area contributed by atoms with Crippen LogP contribution in [0.5, 0.6) is 0 Å². The fourth-order valence-corrected chi connectivity index (χ4v) is 3.65. The number of aromatic nitrogens is 3. The van der Waals surface area contributed by atoms with Crippen LogP contribution in [0.4, 0.5) is 16.0 Å². The second kappa shape index (κ2) is 7.23. The summed E-state index contributed by atoms with van der Waals surface area (Å²) in [5.74, 6) is 0.505. The number of fused-ring (bicyclic) bond motifs is 1. The van der Waals surface area contributed by atoms with E-state index in [4.69, 9.17) is 0 Å². The van der Waals surface area contributed by atoms with Gasteiger partial charge >= 0.3 is 0 Å². The van der Waals surface area contributed by atoms with Gasteiger partial charge in [0.1, 0.15) is 5.82 Å². The van der Waals surface area contributed by atoms with Gasteiger partial charge in [-0.3, -0.25) is 14.3 Å². The number of pyridine rings is 1. The number of nitrogens with one attached hydrogen (secondary N) is 1. The van der Waals surface area contributed by atoms with Crippen molar-refractivity contribution in [2.45, 2.75) is 38.6 Å². The molecule has 0 spiro atoms. The zero-order chi connectivity index (χ0) is 17.9. The molecule has 1 aliphatic rings. The summed E-state index contributed by atoms with van der Waals surface area (Å²) in [6.45, 7) is 0.598. The molecular formula is C20H21FN4O. The monoisotopic (exact) mass is 352 g/mol. The number of nitrogens with zero attached hydrogens (tertiary/aromatic N) is 3. The molecule has 1 aliphatic carbocycles. The van der Waals surface area contributed by atoms with E-state index in [-0.39, 0.29) is 5.56 Å². The minimum absolute atomic E-state index is 0.202. The smallest absolute Gasteiger partial charge is 0.262 e. The molecule has 1 aromatic carbocycles. The van der Waals surface area contributed by atoms with Crippen molar-refractivity contribution < 1.29 is 4.39 Å². The summed E-state index contributed by atoms with van der Waals surface area (Å²) in [6.07, 6.45) is 9.25. The zero-order valence-corrected chi connectivity index (χ0v) is 14.5. The van der Waals surface area contributed by atoms with Gasteiger partial charge in [-0.15, -0.1) is 0 Å². The third kappa shape index (κ3) is 3.45. The molecule has 4 rings (SSSR count). The Labute approximate surface area is 150 Å². The summed E-state index contributed by atoms with van der Waals surface area (Å²) in [5, 5.41) is 3.52. The maximum absolute atomic E-state index is 13.7. The van der Waals surface area contributed by atoms with Crippen molar-refractivity contribution in [2.75, 3.05) is 5.32 Å². The summed E-state index contributed by atoms with van der Waals surface area (Å²) in [6, 6.07) is 7.84. The first kappa shape index (κ1) is 16.7. The van der Waals surface area contributed by atoms with Crippen LogP contribution in [-0.4, -0.2) is 14.5 Å². The highest BCUT2D eigenvalue weighted by Crippen LogP contribution is 2.26. The highest BCUT2D eigenvalue weighted by atomic mass is 19.1. The lowest BCUT2D eigenvalue weighted by Crippen LogP contribution is -2.28. The molecule has 1 N–H and O–H groups in total. The first-order valence-electron chi connectivity index (χ1n) is 9.08. The molecule has 0 bridgehead atoms. The summed E-state index contributed by atoms with van der Waals surface area (Å²) >= 11 is 0. The number of hydrogen-bond acceptors (Lipinski definition) is 4. The predicted molar refractivity (Wildman–Crippen MR) is 100 cm³/mol. The fourth-order valence-electron chi connectivity index (χ4n) is 3.65. The molecule has 2 heterocycles. The van der Waals surface area contributed by atoms with E-state index < -0.39 is 5.82 Å². The van der Waals surface area contributed by atoms with Crippen LogP contribution in [0.1, 0.15) is 32.1 Å².